The Morgan fingerprint density at radius 3 is 2.89 bits per heavy atom. The van der Waals surface area contributed by atoms with Crippen molar-refractivity contribution in [1.29, 1.82) is 0 Å². The summed E-state index contributed by atoms with van der Waals surface area (Å²) in [5, 5.41) is 3.76. The number of rotatable bonds is 4. The van der Waals surface area contributed by atoms with Crippen LogP contribution in [0.25, 0.3) is 0 Å². The van der Waals surface area contributed by atoms with Gasteiger partial charge in [-0.15, -0.1) is 0 Å². The van der Waals surface area contributed by atoms with Gasteiger partial charge in [0.05, 0.1) is 0 Å². The zero-order valence-corrected chi connectivity index (χ0v) is 12.6. The van der Waals surface area contributed by atoms with E-state index in [1.54, 1.807) is 5.56 Å². The number of nitrogens with one attached hydrogen (secondary N) is 1. The first-order valence-corrected chi connectivity index (χ1v) is 8.34. The van der Waals surface area contributed by atoms with Crippen LogP contribution in [-0.2, 0) is 12.2 Å². The second kappa shape index (κ2) is 6.63. The fourth-order valence-corrected chi connectivity index (χ4v) is 3.82. The van der Waals surface area contributed by atoms with Crippen molar-refractivity contribution in [3.8, 4) is 0 Å². The Bertz CT molecular complexity index is 389. The third-order valence-electron chi connectivity index (χ3n) is 3.78. The van der Waals surface area contributed by atoms with Gasteiger partial charge in [-0.05, 0) is 47.7 Å². The first kappa shape index (κ1) is 14.0. The largest absolute Gasteiger partial charge is 0.310 e. The topological polar surface area (TPSA) is 12.0 Å². The minimum atomic E-state index is 0.543. The zero-order valence-electron chi connectivity index (χ0n) is 11.8. The summed E-state index contributed by atoms with van der Waals surface area (Å²) in [4.78, 5) is 0. The van der Waals surface area contributed by atoms with Crippen molar-refractivity contribution in [2.45, 2.75) is 45.4 Å². The molecule has 100 valence electrons. The van der Waals surface area contributed by atoms with Crippen molar-refractivity contribution in [2.24, 2.45) is 5.92 Å². The Kier molecular flexibility index (Phi) is 5.13. The molecule has 1 aliphatic heterocycles. The second-order valence-electron chi connectivity index (χ2n) is 5.31. The number of aryl methyl sites for hydroxylation is 1. The number of benzene rings is 1. The predicted octanol–water partition coefficient (Wildman–Crippen LogP) is 4.17. The average molecular weight is 263 g/mol. The lowest BCUT2D eigenvalue weighted by molar-refractivity contribution is 0.418. The van der Waals surface area contributed by atoms with Crippen LogP contribution in [0.3, 0.4) is 0 Å². The monoisotopic (exact) mass is 263 g/mol. The van der Waals surface area contributed by atoms with Crippen LogP contribution in [0.2, 0.25) is 0 Å². The summed E-state index contributed by atoms with van der Waals surface area (Å²) < 4.78 is 0. The smallest absolute Gasteiger partial charge is 0.0357 e. The molecule has 1 aliphatic rings. The van der Waals surface area contributed by atoms with E-state index in [1.807, 2.05) is 0 Å². The minimum absolute atomic E-state index is 0.543. The Morgan fingerprint density at radius 1 is 1.33 bits per heavy atom. The van der Waals surface area contributed by atoms with Crippen molar-refractivity contribution in [2.75, 3.05) is 12.3 Å². The first-order chi connectivity index (χ1) is 8.76. The van der Waals surface area contributed by atoms with E-state index in [-0.39, 0.29) is 0 Å². The minimum Gasteiger partial charge on any atom is -0.310 e. The number of hydrogen-bond acceptors (Lipinski definition) is 2. The van der Waals surface area contributed by atoms with E-state index in [4.69, 9.17) is 0 Å². The molecule has 2 heteroatoms. The van der Waals surface area contributed by atoms with E-state index in [0.29, 0.717) is 6.04 Å². The lowest BCUT2D eigenvalue weighted by atomic mass is 9.90. The Morgan fingerprint density at radius 2 is 2.17 bits per heavy atom. The molecule has 2 rings (SSSR count). The highest BCUT2D eigenvalue weighted by Gasteiger charge is 2.24. The van der Waals surface area contributed by atoms with Gasteiger partial charge in [0.25, 0.3) is 0 Å². The number of hydrogen-bond donors (Lipinski definition) is 1. The van der Waals surface area contributed by atoms with Gasteiger partial charge >= 0.3 is 0 Å². The molecule has 1 aromatic rings. The lowest BCUT2D eigenvalue weighted by Crippen LogP contribution is -2.28. The van der Waals surface area contributed by atoms with E-state index in [2.05, 4.69) is 56.0 Å². The van der Waals surface area contributed by atoms with Crippen LogP contribution in [0, 0.1) is 5.92 Å². The molecule has 0 bridgehead atoms. The SMILES string of the molecule is CCCNC1c2cc(CC)ccc2CSCC1C. The summed E-state index contributed by atoms with van der Waals surface area (Å²) in [6.07, 6.45) is 2.34. The zero-order chi connectivity index (χ0) is 13.0. The van der Waals surface area contributed by atoms with Crippen LogP contribution in [0.4, 0.5) is 0 Å². The Balaban J connectivity index is 2.32. The molecule has 1 nitrogen and oxygen atoms in total. The molecule has 0 saturated heterocycles. The molecule has 2 unspecified atom stereocenters. The summed E-state index contributed by atoms with van der Waals surface area (Å²) >= 11 is 2.08. The van der Waals surface area contributed by atoms with Gasteiger partial charge < -0.3 is 5.32 Å². The molecular weight excluding hydrogens is 238 g/mol. The lowest BCUT2D eigenvalue weighted by Gasteiger charge is -2.25. The van der Waals surface area contributed by atoms with Crippen molar-refractivity contribution in [1.82, 2.24) is 5.32 Å². The van der Waals surface area contributed by atoms with Crippen molar-refractivity contribution < 1.29 is 0 Å². The summed E-state index contributed by atoms with van der Waals surface area (Å²) in [5.74, 6) is 3.15. The van der Waals surface area contributed by atoms with Crippen LogP contribution in [-0.4, -0.2) is 12.3 Å². The standard InChI is InChI=1S/C16H25NS/c1-4-8-17-16-12(3)10-18-11-14-7-6-13(5-2)9-15(14)16/h6-7,9,12,16-17H,4-5,8,10-11H2,1-3H3. The Hall–Kier alpha value is -0.470. The molecule has 1 N–H and O–H groups in total. The van der Waals surface area contributed by atoms with Gasteiger partial charge in [-0.2, -0.15) is 11.8 Å². The van der Waals surface area contributed by atoms with E-state index < -0.39 is 0 Å². The Labute approximate surface area is 116 Å². The van der Waals surface area contributed by atoms with Gasteiger partial charge in [0.2, 0.25) is 0 Å². The quantitative estimate of drug-likeness (QED) is 0.875. The molecule has 0 radical (unpaired) electrons. The number of thioether (sulfide) groups is 1. The van der Waals surface area contributed by atoms with Gasteiger partial charge in [-0.1, -0.05) is 39.0 Å². The highest BCUT2D eigenvalue weighted by Crippen LogP contribution is 2.34. The predicted molar refractivity (Wildman–Crippen MR) is 82.2 cm³/mol. The van der Waals surface area contributed by atoms with Gasteiger partial charge in [-0.3, -0.25) is 0 Å². The maximum Gasteiger partial charge on any atom is 0.0357 e. The van der Waals surface area contributed by atoms with Gasteiger partial charge in [0.1, 0.15) is 0 Å². The van der Waals surface area contributed by atoms with Crippen LogP contribution < -0.4 is 5.32 Å². The summed E-state index contributed by atoms with van der Waals surface area (Å²) in [5.41, 5.74) is 4.56. The molecule has 2 atom stereocenters. The fraction of sp³-hybridized carbons (Fsp3) is 0.625. The number of fused-ring (bicyclic) bond motifs is 1. The molecule has 0 aliphatic carbocycles. The first-order valence-electron chi connectivity index (χ1n) is 7.19. The van der Waals surface area contributed by atoms with E-state index in [9.17, 15) is 0 Å². The third-order valence-corrected chi connectivity index (χ3v) is 5.05. The van der Waals surface area contributed by atoms with E-state index in [1.165, 1.54) is 29.1 Å². The molecule has 0 amide bonds. The van der Waals surface area contributed by atoms with Crippen LogP contribution in [0.15, 0.2) is 18.2 Å². The van der Waals surface area contributed by atoms with Gasteiger partial charge in [0, 0.05) is 11.8 Å². The molecule has 1 heterocycles. The molecular formula is C16H25NS. The molecule has 0 aromatic heterocycles. The molecule has 0 saturated carbocycles. The second-order valence-corrected chi connectivity index (χ2v) is 6.34. The van der Waals surface area contributed by atoms with Crippen LogP contribution in [0.5, 0.6) is 0 Å². The highest BCUT2D eigenvalue weighted by molar-refractivity contribution is 7.98. The van der Waals surface area contributed by atoms with Gasteiger partial charge in [-0.25, -0.2) is 0 Å². The highest BCUT2D eigenvalue weighted by atomic mass is 32.2. The third kappa shape index (κ3) is 3.10. The maximum atomic E-state index is 3.76. The summed E-state index contributed by atoms with van der Waals surface area (Å²) in [6, 6.07) is 7.62. The molecule has 0 spiro atoms. The summed E-state index contributed by atoms with van der Waals surface area (Å²) in [7, 11) is 0. The fourth-order valence-electron chi connectivity index (χ4n) is 2.65. The van der Waals surface area contributed by atoms with Crippen molar-refractivity contribution >= 4 is 11.8 Å². The van der Waals surface area contributed by atoms with Gasteiger partial charge in [0.15, 0.2) is 0 Å². The average Bonchev–Trinajstić information content (AvgIpc) is 2.54. The van der Waals surface area contributed by atoms with E-state index >= 15 is 0 Å². The van der Waals surface area contributed by atoms with Crippen molar-refractivity contribution in [3.63, 3.8) is 0 Å². The van der Waals surface area contributed by atoms with E-state index in [0.717, 1.165) is 18.9 Å². The van der Waals surface area contributed by atoms with Crippen LogP contribution in [0.1, 0.15) is 49.9 Å². The van der Waals surface area contributed by atoms with Crippen LogP contribution >= 0.6 is 11.8 Å². The normalized spacial score (nSPS) is 23.5. The molecule has 1 aromatic carbocycles. The molecule has 18 heavy (non-hydrogen) atoms. The molecule has 0 fully saturated rings. The maximum absolute atomic E-state index is 3.76. The summed E-state index contributed by atoms with van der Waals surface area (Å²) in [6.45, 7) is 7.99. The van der Waals surface area contributed by atoms with Crippen molar-refractivity contribution in [3.05, 3.63) is 34.9 Å².